The highest BCUT2D eigenvalue weighted by molar-refractivity contribution is 5.93. The van der Waals surface area contributed by atoms with Crippen molar-refractivity contribution in [1.82, 2.24) is 25.3 Å². The second kappa shape index (κ2) is 8.05. The number of H-pyrrole nitrogens is 1. The van der Waals surface area contributed by atoms with Crippen LogP contribution in [0.5, 0.6) is 0 Å². The summed E-state index contributed by atoms with van der Waals surface area (Å²) in [4.78, 5) is 12.3. The number of nitrogens with one attached hydrogen (secondary N) is 2. The van der Waals surface area contributed by atoms with Crippen molar-refractivity contribution >= 4 is 24.0 Å². The van der Waals surface area contributed by atoms with Crippen LogP contribution in [-0.4, -0.2) is 32.4 Å². The first-order valence-corrected chi connectivity index (χ1v) is 8.14. The van der Waals surface area contributed by atoms with Crippen molar-refractivity contribution in [2.75, 3.05) is 12.3 Å². The fourth-order valence-corrected chi connectivity index (χ4v) is 2.81. The molecule has 0 aliphatic carbocycles. The molecule has 8 heteroatoms. The van der Waals surface area contributed by atoms with Crippen LogP contribution >= 0.6 is 12.4 Å². The number of aryl methyl sites for hydroxylation is 2. The molecular formula is C18H23ClN6O. The second-order valence-electron chi connectivity index (χ2n) is 6.08. The van der Waals surface area contributed by atoms with E-state index in [4.69, 9.17) is 5.73 Å². The number of nitrogen functional groups attached to an aromatic ring is 1. The summed E-state index contributed by atoms with van der Waals surface area (Å²) >= 11 is 0. The van der Waals surface area contributed by atoms with Crippen LogP contribution in [0.4, 0.5) is 5.69 Å². The maximum Gasteiger partial charge on any atom is 0.269 e. The molecule has 0 radical (unpaired) electrons. The Labute approximate surface area is 158 Å². The molecule has 138 valence electrons. The molecule has 0 unspecified atom stereocenters. The van der Waals surface area contributed by atoms with Gasteiger partial charge in [0.25, 0.3) is 5.91 Å². The van der Waals surface area contributed by atoms with Crippen molar-refractivity contribution in [1.29, 1.82) is 0 Å². The van der Waals surface area contributed by atoms with Gasteiger partial charge >= 0.3 is 0 Å². The number of rotatable bonds is 5. The van der Waals surface area contributed by atoms with Crippen LogP contribution in [0.25, 0.3) is 11.3 Å². The van der Waals surface area contributed by atoms with E-state index in [1.54, 1.807) is 6.07 Å². The SMILES string of the molecule is Cc1nn(C)c(C)c1-c1cc(C(=O)NCCc2ccc(N)cc2)[nH]n1.Cl. The van der Waals surface area contributed by atoms with Gasteiger partial charge in [-0.3, -0.25) is 14.6 Å². The summed E-state index contributed by atoms with van der Waals surface area (Å²) in [6, 6.07) is 9.40. The summed E-state index contributed by atoms with van der Waals surface area (Å²) in [7, 11) is 1.89. The fourth-order valence-electron chi connectivity index (χ4n) is 2.81. The van der Waals surface area contributed by atoms with E-state index in [0.717, 1.165) is 40.3 Å². The Hall–Kier alpha value is -2.80. The molecule has 0 saturated carbocycles. The van der Waals surface area contributed by atoms with E-state index < -0.39 is 0 Å². The molecule has 7 nitrogen and oxygen atoms in total. The molecule has 0 spiro atoms. The van der Waals surface area contributed by atoms with Gasteiger partial charge in [-0.1, -0.05) is 12.1 Å². The van der Waals surface area contributed by atoms with Gasteiger partial charge in [-0.15, -0.1) is 12.4 Å². The van der Waals surface area contributed by atoms with Gasteiger partial charge in [0.05, 0.1) is 11.4 Å². The molecule has 4 N–H and O–H groups in total. The highest BCUT2D eigenvalue weighted by atomic mass is 35.5. The van der Waals surface area contributed by atoms with E-state index >= 15 is 0 Å². The molecule has 2 heterocycles. The van der Waals surface area contributed by atoms with Crippen molar-refractivity contribution < 1.29 is 4.79 Å². The van der Waals surface area contributed by atoms with Crippen molar-refractivity contribution in [2.45, 2.75) is 20.3 Å². The summed E-state index contributed by atoms with van der Waals surface area (Å²) < 4.78 is 1.81. The van der Waals surface area contributed by atoms with Crippen molar-refractivity contribution in [3.8, 4) is 11.3 Å². The summed E-state index contributed by atoms with van der Waals surface area (Å²) in [5.74, 6) is -0.173. The number of amides is 1. The zero-order valence-electron chi connectivity index (χ0n) is 15.0. The van der Waals surface area contributed by atoms with Crippen LogP contribution in [-0.2, 0) is 13.5 Å². The predicted octanol–water partition coefficient (Wildman–Crippen LogP) is 2.40. The number of aromatic amines is 1. The molecule has 3 aromatic rings. The molecule has 0 bridgehead atoms. The molecule has 0 atom stereocenters. The Kier molecular flexibility index (Phi) is 6.05. The average Bonchev–Trinajstić information content (AvgIpc) is 3.14. The Morgan fingerprint density at radius 2 is 1.96 bits per heavy atom. The summed E-state index contributed by atoms with van der Waals surface area (Å²) in [6.45, 7) is 4.46. The van der Waals surface area contributed by atoms with Crippen LogP contribution in [0, 0.1) is 13.8 Å². The van der Waals surface area contributed by atoms with Crippen molar-refractivity contribution in [3.63, 3.8) is 0 Å². The summed E-state index contributed by atoms with van der Waals surface area (Å²) in [5.41, 5.74) is 11.6. The van der Waals surface area contributed by atoms with Gasteiger partial charge < -0.3 is 11.1 Å². The molecule has 3 rings (SSSR count). The molecule has 26 heavy (non-hydrogen) atoms. The Morgan fingerprint density at radius 3 is 2.58 bits per heavy atom. The van der Waals surface area contributed by atoms with Gasteiger partial charge in [0, 0.05) is 30.5 Å². The van der Waals surface area contributed by atoms with Crippen LogP contribution in [0.1, 0.15) is 27.4 Å². The second-order valence-corrected chi connectivity index (χ2v) is 6.08. The van der Waals surface area contributed by atoms with Crippen molar-refractivity contribution in [3.05, 3.63) is 53.0 Å². The smallest absolute Gasteiger partial charge is 0.269 e. The zero-order valence-corrected chi connectivity index (χ0v) is 15.9. The first-order valence-electron chi connectivity index (χ1n) is 8.14. The Morgan fingerprint density at radius 1 is 1.27 bits per heavy atom. The van der Waals surface area contributed by atoms with E-state index in [0.29, 0.717) is 12.2 Å². The highest BCUT2D eigenvalue weighted by Crippen LogP contribution is 2.25. The molecule has 1 amide bonds. The van der Waals surface area contributed by atoms with Gasteiger partial charge in [-0.25, -0.2) is 0 Å². The normalized spacial score (nSPS) is 10.4. The Balaban J connectivity index is 0.00000243. The average molecular weight is 375 g/mol. The number of anilines is 1. The number of hydrogen-bond donors (Lipinski definition) is 3. The fraction of sp³-hybridized carbons (Fsp3) is 0.278. The molecule has 2 aromatic heterocycles. The zero-order chi connectivity index (χ0) is 18.0. The molecule has 0 aliphatic heterocycles. The number of nitrogens with two attached hydrogens (primary N) is 1. The Bertz CT molecular complexity index is 897. The molecule has 0 fully saturated rings. The molecule has 0 saturated heterocycles. The monoisotopic (exact) mass is 374 g/mol. The van der Waals surface area contributed by atoms with Gasteiger partial charge in [-0.2, -0.15) is 10.2 Å². The van der Waals surface area contributed by atoms with Crippen LogP contribution < -0.4 is 11.1 Å². The lowest BCUT2D eigenvalue weighted by atomic mass is 10.1. The number of hydrogen-bond acceptors (Lipinski definition) is 4. The summed E-state index contributed by atoms with van der Waals surface area (Å²) in [6.07, 6.45) is 0.744. The standard InChI is InChI=1S/C18H22N6O.ClH/c1-11-17(12(2)24(3)23-11)15-10-16(22-21-15)18(25)20-9-8-13-4-6-14(19)7-5-13;/h4-7,10H,8-9,19H2,1-3H3,(H,20,25)(H,21,22);1H. The lowest BCUT2D eigenvalue weighted by Gasteiger charge is -2.04. The van der Waals surface area contributed by atoms with E-state index in [9.17, 15) is 4.79 Å². The number of halogens is 1. The van der Waals surface area contributed by atoms with E-state index in [1.165, 1.54) is 0 Å². The van der Waals surface area contributed by atoms with Crippen LogP contribution in [0.15, 0.2) is 30.3 Å². The van der Waals surface area contributed by atoms with Crippen LogP contribution in [0.3, 0.4) is 0 Å². The molecule has 1 aromatic carbocycles. The van der Waals surface area contributed by atoms with E-state index in [2.05, 4.69) is 20.6 Å². The lowest BCUT2D eigenvalue weighted by Crippen LogP contribution is -2.26. The largest absolute Gasteiger partial charge is 0.399 e. The van der Waals surface area contributed by atoms with Crippen LogP contribution in [0.2, 0.25) is 0 Å². The number of carbonyl (C=O) groups excluding carboxylic acids is 1. The third-order valence-corrected chi connectivity index (χ3v) is 4.27. The third kappa shape index (κ3) is 4.05. The summed E-state index contributed by atoms with van der Waals surface area (Å²) in [5, 5.41) is 14.4. The first kappa shape index (κ1) is 19.5. The quantitative estimate of drug-likeness (QED) is 0.597. The highest BCUT2D eigenvalue weighted by Gasteiger charge is 2.16. The minimum atomic E-state index is -0.173. The third-order valence-electron chi connectivity index (χ3n) is 4.27. The number of carbonyl (C=O) groups is 1. The lowest BCUT2D eigenvalue weighted by molar-refractivity contribution is 0.0949. The topological polar surface area (TPSA) is 102 Å². The molecular weight excluding hydrogens is 352 g/mol. The maximum atomic E-state index is 12.3. The number of benzene rings is 1. The first-order chi connectivity index (χ1) is 12.0. The molecule has 0 aliphatic rings. The van der Waals surface area contributed by atoms with E-state index in [-0.39, 0.29) is 18.3 Å². The number of aromatic nitrogens is 4. The minimum Gasteiger partial charge on any atom is -0.399 e. The number of nitrogens with zero attached hydrogens (tertiary/aromatic N) is 3. The van der Waals surface area contributed by atoms with Gasteiger partial charge in [0.2, 0.25) is 0 Å². The minimum absolute atomic E-state index is 0. The van der Waals surface area contributed by atoms with Crippen molar-refractivity contribution in [2.24, 2.45) is 7.05 Å². The van der Waals surface area contributed by atoms with Gasteiger partial charge in [0.15, 0.2) is 0 Å². The van der Waals surface area contributed by atoms with E-state index in [1.807, 2.05) is 49.8 Å². The predicted molar refractivity (Wildman–Crippen MR) is 104 cm³/mol. The van der Waals surface area contributed by atoms with Gasteiger partial charge in [0.1, 0.15) is 5.69 Å². The maximum absolute atomic E-state index is 12.3. The van der Waals surface area contributed by atoms with Gasteiger partial charge in [-0.05, 0) is 44.0 Å².